The molecular weight excluding hydrogens is 1300 g/mol. The Morgan fingerprint density at radius 1 is 0.252 bits per heavy atom. The van der Waals surface area contributed by atoms with Crippen LogP contribution in [0, 0.1) is 0 Å². The lowest BCUT2D eigenvalue weighted by Gasteiger charge is -2.23. The number of hydrogen-bond acceptors (Lipinski definition) is 5. The Bertz CT molecular complexity index is 7400. The van der Waals surface area contributed by atoms with Gasteiger partial charge in [-0.05, 0) is 158 Å². The summed E-state index contributed by atoms with van der Waals surface area (Å²) in [6.45, 7) is 0. The predicted octanol–water partition coefficient (Wildman–Crippen LogP) is 21.1. The molecule has 103 heavy (non-hydrogen) atoms. The van der Waals surface area contributed by atoms with Gasteiger partial charge in [-0.3, -0.25) is 13.8 Å². The second-order valence-electron chi connectivity index (χ2n) is 26.8. The number of rotatable bonds is 7. The van der Waals surface area contributed by atoms with E-state index in [9.17, 15) is 0 Å². The summed E-state index contributed by atoms with van der Waals surface area (Å²) in [5, 5.41) is 23.7. The van der Waals surface area contributed by atoms with E-state index in [1.54, 1.807) is 6.20 Å². The van der Waals surface area contributed by atoms with Crippen LogP contribution in [0.3, 0.4) is 0 Å². The van der Waals surface area contributed by atoms with Gasteiger partial charge in [-0.1, -0.05) is 237 Å². The standard InChI is InChI=1S/C51H32N3OP.C42H26N3OP/c55-56(37-16-2-1-3-17-37,38-28-26-36(27-29-38)53-44-21-10-8-19-40(44)41-20-9-11-22-45(41)53)48-24-12-23-46-50(48)52-51-49-39-18-7-6-13-33(39)25-30-42(49)43-31-34-14-4-5-15-35(34)32-47(43)54(46)51;46-47(31-14-2-1-3-15-31,32-20-22-35-30(24-32)13-9-23-43-35)39-18-8-12-27-19-21-33-34-25-28-10-4-5-11-29(28)26-38(34)45-37-17-7-6-16-36(37)44-42(45)41(33)40(27)39/h1-32H;1-26H. The Hall–Kier alpha value is -12.8. The number of aromatic nitrogens is 6. The molecule has 0 saturated heterocycles. The molecule has 0 N–H and O–H groups in total. The van der Waals surface area contributed by atoms with Crippen LogP contribution in [0.25, 0.3) is 158 Å². The highest BCUT2D eigenvalue weighted by atomic mass is 31.2. The molecule has 482 valence electrons. The van der Waals surface area contributed by atoms with E-state index in [0.29, 0.717) is 0 Å². The Morgan fingerprint density at radius 3 is 1.40 bits per heavy atom. The SMILES string of the molecule is O=P(c1ccccc1)(c1ccc(-n2c3ccccc3c3ccccc32)cc1)c1cccc2c1nc1c3c4ccccc4ccc3c3cc4ccccc4cc3n21.O=P(c1ccccc1)(c1ccc2ncccc2c1)c1cccc2ccc3c4cc5ccccc5cc4n4c5ccccc5nc4c3c12. The van der Waals surface area contributed by atoms with E-state index in [-0.39, 0.29) is 0 Å². The average molecular weight is 1350 g/mol. The van der Waals surface area contributed by atoms with Crippen LogP contribution in [0.4, 0.5) is 0 Å². The number of para-hydroxylation sites is 5. The number of fused-ring (bicyclic) bond motifs is 26. The Kier molecular flexibility index (Phi) is 13.1. The Morgan fingerprint density at radius 2 is 0.728 bits per heavy atom. The normalized spacial score (nSPS) is 13.3. The van der Waals surface area contributed by atoms with Crippen LogP contribution in [-0.4, -0.2) is 28.3 Å². The average Bonchev–Trinajstić information content (AvgIpc) is 1.67. The van der Waals surface area contributed by atoms with Gasteiger partial charge in [-0.25, -0.2) is 9.97 Å². The molecule has 22 rings (SSSR count). The summed E-state index contributed by atoms with van der Waals surface area (Å²) in [5.74, 6) is 0. The van der Waals surface area contributed by atoms with Crippen molar-refractivity contribution in [3.63, 3.8) is 0 Å². The quantitative estimate of drug-likeness (QED) is 0.0901. The maximum atomic E-state index is 16.4. The van der Waals surface area contributed by atoms with Gasteiger partial charge in [-0.15, -0.1) is 0 Å². The van der Waals surface area contributed by atoms with Crippen molar-refractivity contribution < 1.29 is 9.13 Å². The van der Waals surface area contributed by atoms with Gasteiger partial charge in [0.05, 0.1) is 44.1 Å². The Balaban J connectivity index is 0.000000136. The van der Waals surface area contributed by atoms with Crippen LogP contribution >= 0.6 is 14.3 Å². The zero-order valence-electron chi connectivity index (χ0n) is 55.4. The number of imidazole rings is 2. The number of benzene rings is 16. The van der Waals surface area contributed by atoms with Crippen LogP contribution in [-0.2, 0) is 9.13 Å². The van der Waals surface area contributed by atoms with Gasteiger partial charge in [0.1, 0.15) is 16.8 Å². The molecule has 0 amide bonds. The van der Waals surface area contributed by atoms with Crippen LogP contribution < -0.4 is 31.8 Å². The molecule has 6 aromatic heterocycles. The molecule has 0 radical (unpaired) electrons. The Labute approximate surface area is 590 Å². The third-order valence-corrected chi connectivity index (χ3v) is 27.5. The summed E-state index contributed by atoms with van der Waals surface area (Å²) in [4.78, 5) is 15.4. The minimum absolute atomic E-state index is 0.733. The first-order chi connectivity index (χ1) is 50.8. The molecule has 0 spiro atoms. The highest BCUT2D eigenvalue weighted by molar-refractivity contribution is 7.86. The van der Waals surface area contributed by atoms with E-state index in [1.165, 1.54) is 26.9 Å². The van der Waals surface area contributed by atoms with Gasteiger partial charge in [-0.2, -0.15) is 0 Å². The van der Waals surface area contributed by atoms with Gasteiger partial charge in [0.25, 0.3) is 0 Å². The van der Waals surface area contributed by atoms with E-state index in [4.69, 9.17) is 9.97 Å². The molecule has 16 aromatic carbocycles. The molecular formula is C93H58N6O2P2. The van der Waals surface area contributed by atoms with Crippen molar-refractivity contribution in [2.75, 3.05) is 0 Å². The third-order valence-electron chi connectivity index (χ3n) is 21.3. The van der Waals surface area contributed by atoms with Crippen LogP contribution in [0.15, 0.2) is 352 Å². The first kappa shape index (κ1) is 59.1. The topological polar surface area (TPSA) is 86.6 Å². The fraction of sp³-hybridized carbons (Fsp3) is 0. The predicted molar refractivity (Wildman–Crippen MR) is 434 cm³/mol. The summed E-state index contributed by atoms with van der Waals surface area (Å²) in [6.07, 6.45) is 1.79. The van der Waals surface area contributed by atoms with Gasteiger partial charge >= 0.3 is 0 Å². The molecule has 0 aliphatic rings. The molecule has 2 atom stereocenters. The summed E-state index contributed by atoms with van der Waals surface area (Å²) < 4.78 is 39.5. The van der Waals surface area contributed by atoms with Crippen LogP contribution in [0.2, 0.25) is 0 Å². The van der Waals surface area contributed by atoms with Crippen molar-refractivity contribution in [3.8, 4) is 5.69 Å². The number of nitrogens with zero attached hydrogens (tertiary/aromatic N) is 6. The van der Waals surface area contributed by atoms with Gasteiger partial charge < -0.3 is 13.7 Å². The fourth-order valence-electron chi connectivity index (χ4n) is 16.7. The van der Waals surface area contributed by atoms with E-state index >= 15 is 9.13 Å². The van der Waals surface area contributed by atoms with Crippen molar-refractivity contribution in [2.24, 2.45) is 0 Å². The smallest absolute Gasteiger partial charge is 0.173 e. The lowest BCUT2D eigenvalue weighted by Crippen LogP contribution is -2.25. The van der Waals surface area contributed by atoms with Gasteiger partial charge in [0, 0.05) is 86.8 Å². The van der Waals surface area contributed by atoms with Gasteiger partial charge in [0.2, 0.25) is 0 Å². The van der Waals surface area contributed by atoms with Gasteiger partial charge in [0.15, 0.2) is 14.3 Å². The minimum Gasteiger partial charge on any atom is -0.309 e. The first-order valence-electron chi connectivity index (χ1n) is 34.8. The number of pyridine rings is 3. The van der Waals surface area contributed by atoms with Crippen LogP contribution in [0.5, 0.6) is 0 Å². The van der Waals surface area contributed by atoms with E-state index < -0.39 is 14.3 Å². The highest BCUT2D eigenvalue weighted by Gasteiger charge is 2.36. The molecule has 6 heterocycles. The lowest BCUT2D eigenvalue weighted by molar-refractivity contribution is 0.592. The summed E-state index contributed by atoms with van der Waals surface area (Å²) >= 11 is 0. The van der Waals surface area contributed by atoms with Crippen molar-refractivity contribution in [1.29, 1.82) is 0 Å². The molecule has 10 heteroatoms. The summed E-state index contributed by atoms with van der Waals surface area (Å²) in [6, 6.07) is 120. The van der Waals surface area contributed by atoms with E-state index in [0.717, 1.165) is 163 Å². The molecule has 8 nitrogen and oxygen atoms in total. The van der Waals surface area contributed by atoms with Crippen molar-refractivity contribution in [3.05, 3.63) is 352 Å². The summed E-state index contributed by atoms with van der Waals surface area (Å²) in [5.41, 5.74) is 11.8. The van der Waals surface area contributed by atoms with E-state index in [2.05, 4.69) is 255 Å². The summed E-state index contributed by atoms with van der Waals surface area (Å²) in [7, 11) is -6.87. The minimum atomic E-state index is -3.46. The first-order valence-corrected chi connectivity index (χ1v) is 38.2. The maximum absolute atomic E-state index is 16.4. The second-order valence-corrected chi connectivity index (χ2v) is 32.3. The van der Waals surface area contributed by atoms with Crippen LogP contribution in [0.1, 0.15) is 0 Å². The largest absolute Gasteiger partial charge is 0.309 e. The highest BCUT2D eigenvalue weighted by Crippen LogP contribution is 2.50. The fourth-order valence-corrected chi connectivity index (χ4v) is 22.3. The lowest BCUT2D eigenvalue weighted by atomic mass is 9.97. The molecule has 0 fully saturated rings. The van der Waals surface area contributed by atoms with E-state index in [1.807, 2.05) is 109 Å². The molecule has 2 unspecified atom stereocenters. The zero-order valence-corrected chi connectivity index (χ0v) is 57.2. The molecule has 22 aromatic rings. The molecule has 0 saturated carbocycles. The zero-order chi connectivity index (χ0) is 68.1. The monoisotopic (exact) mass is 1350 g/mol. The van der Waals surface area contributed by atoms with Crippen molar-refractivity contribution >= 4 is 199 Å². The van der Waals surface area contributed by atoms with Crippen molar-refractivity contribution in [1.82, 2.24) is 28.3 Å². The number of hydrogen-bond donors (Lipinski definition) is 0. The second kappa shape index (κ2) is 22.9. The maximum Gasteiger partial charge on any atom is 0.173 e. The van der Waals surface area contributed by atoms with Crippen molar-refractivity contribution in [2.45, 2.75) is 0 Å². The molecule has 0 aliphatic heterocycles. The molecule has 0 bridgehead atoms. The molecule has 0 aliphatic carbocycles. The third kappa shape index (κ3) is 8.82.